The normalized spacial score (nSPS) is 15.5. The average Bonchev–Trinajstić information content (AvgIpc) is 3.00. The molecule has 1 amide bonds. The summed E-state index contributed by atoms with van der Waals surface area (Å²) in [5.41, 5.74) is 2.05. The Morgan fingerprint density at radius 2 is 1.75 bits per heavy atom. The van der Waals surface area contributed by atoms with Crippen molar-refractivity contribution in [2.75, 3.05) is 12.0 Å². The third kappa shape index (κ3) is 3.32. The van der Waals surface area contributed by atoms with Gasteiger partial charge in [-0.25, -0.2) is 4.79 Å². The van der Waals surface area contributed by atoms with Crippen molar-refractivity contribution < 1.29 is 14.3 Å². The van der Waals surface area contributed by atoms with E-state index in [0.29, 0.717) is 14.8 Å². The quantitative estimate of drug-likeness (QED) is 0.347. The van der Waals surface area contributed by atoms with Crippen LogP contribution in [0.3, 0.4) is 0 Å². The number of carbonyl (C=O) groups is 2. The minimum absolute atomic E-state index is 0.150. The van der Waals surface area contributed by atoms with Crippen LogP contribution in [-0.4, -0.2) is 23.3 Å². The van der Waals surface area contributed by atoms with Gasteiger partial charge in [0.05, 0.1) is 23.3 Å². The summed E-state index contributed by atoms with van der Waals surface area (Å²) < 4.78 is 5.20. The molecule has 1 saturated heterocycles. The van der Waals surface area contributed by atoms with E-state index in [-0.39, 0.29) is 5.91 Å². The second-order valence-corrected chi connectivity index (χ2v) is 7.80. The third-order valence-corrected chi connectivity index (χ3v) is 5.73. The monoisotopic (exact) mass is 405 g/mol. The number of ether oxygens (including phenoxy) is 1. The van der Waals surface area contributed by atoms with Gasteiger partial charge in [-0.15, -0.1) is 0 Å². The van der Waals surface area contributed by atoms with Gasteiger partial charge >= 0.3 is 5.97 Å². The van der Waals surface area contributed by atoms with Crippen molar-refractivity contribution in [3.63, 3.8) is 0 Å². The number of esters is 1. The van der Waals surface area contributed by atoms with Crippen LogP contribution >= 0.6 is 24.0 Å². The maximum Gasteiger partial charge on any atom is 0.337 e. The number of amides is 1. The molecule has 0 aromatic heterocycles. The molecule has 4 rings (SSSR count). The minimum Gasteiger partial charge on any atom is -0.465 e. The summed E-state index contributed by atoms with van der Waals surface area (Å²) in [6.07, 6.45) is 1.78. The Balaban J connectivity index is 1.67. The highest BCUT2D eigenvalue weighted by Crippen LogP contribution is 2.38. The van der Waals surface area contributed by atoms with Crippen LogP contribution in [0.25, 0.3) is 16.8 Å². The topological polar surface area (TPSA) is 46.6 Å². The Kier molecular flexibility index (Phi) is 4.98. The summed E-state index contributed by atoms with van der Waals surface area (Å²) in [7, 11) is 1.34. The van der Waals surface area contributed by atoms with Crippen LogP contribution in [-0.2, 0) is 9.53 Å². The Labute approximate surface area is 171 Å². The van der Waals surface area contributed by atoms with Crippen LogP contribution < -0.4 is 4.90 Å². The first-order valence-corrected chi connectivity index (χ1v) is 9.75. The molecule has 0 saturated carbocycles. The second kappa shape index (κ2) is 7.58. The summed E-state index contributed by atoms with van der Waals surface area (Å²) in [4.78, 5) is 26.7. The Bertz CT molecular complexity index is 1130. The number of thioether (sulfide) groups is 1. The van der Waals surface area contributed by atoms with Gasteiger partial charge in [0.1, 0.15) is 0 Å². The van der Waals surface area contributed by atoms with Gasteiger partial charge in [0, 0.05) is 5.39 Å². The summed E-state index contributed by atoms with van der Waals surface area (Å²) in [6.45, 7) is 0. The number of thiocarbonyl (C=S) groups is 1. The number of benzene rings is 3. The number of nitrogens with zero attached hydrogens (tertiary/aromatic N) is 1. The average molecular weight is 406 g/mol. The molecule has 0 radical (unpaired) electrons. The molecule has 3 aromatic carbocycles. The van der Waals surface area contributed by atoms with Crippen molar-refractivity contribution in [3.8, 4) is 0 Å². The number of fused-ring (bicyclic) bond motifs is 1. The van der Waals surface area contributed by atoms with Crippen LogP contribution in [0.2, 0.25) is 0 Å². The smallest absolute Gasteiger partial charge is 0.337 e. The minimum atomic E-state index is -0.395. The zero-order chi connectivity index (χ0) is 19.7. The van der Waals surface area contributed by atoms with Crippen LogP contribution in [0.1, 0.15) is 15.9 Å². The van der Waals surface area contributed by atoms with Gasteiger partial charge in [-0.3, -0.25) is 9.69 Å². The van der Waals surface area contributed by atoms with Crippen molar-refractivity contribution in [1.82, 2.24) is 0 Å². The highest BCUT2D eigenvalue weighted by Gasteiger charge is 2.34. The van der Waals surface area contributed by atoms with Crippen molar-refractivity contribution in [1.29, 1.82) is 0 Å². The molecule has 138 valence electrons. The van der Waals surface area contributed by atoms with Crippen LogP contribution in [0, 0.1) is 0 Å². The maximum absolute atomic E-state index is 13.1. The van der Waals surface area contributed by atoms with Crippen LogP contribution in [0.5, 0.6) is 0 Å². The third-order valence-electron chi connectivity index (χ3n) is 4.43. The van der Waals surface area contributed by atoms with Gasteiger partial charge in [0.25, 0.3) is 5.91 Å². The molecule has 3 aromatic rings. The Morgan fingerprint density at radius 3 is 2.50 bits per heavy atom. The van der Waals surface area contributed by atoms with Gasteiger partial charge in [-0.05, 0) is 35.2 Å². The molecule has 0 N–H and O–H groups in total. The molecular weight excluding hydrogens is 390 g/mol. The van der Waals surface area contributed by atoms with Crippen molar-refractivity contribution in [3.05, 3.63) is 82.8 Å². The van der Waals surface area contributed by atoms with Gasteiger partial charge < -0.3 is 4.74 Å². The number of carbonyl (C=O) groups excluding carboxylic acids is 2. The number of hydrogen-bond donors (Lipinski definition) is 0. The van der Waals surface area contributed by atoms with Crippen LogP contribution in [0.15, 0.2) is 71.6 Å². The fraction of sp³-hybridized carbons (Fsp3) is 0.0455. The van der Waals surface area contributed by atoms with Crippen LogP contribution in [0.4, 0.5) is 5.69 Å². The van der Waals surface area contributed by atoms with Gasteiger partial charge in [0.15, 0.2) is 4.32 Å². The van der Waals surface area contributed by atoms with Gasteiger partial charge in [0.2, 0.25) is 0 Å². The fourth-order valence-electron chi connectivity index (χ4n) is 3.06. The van der Waals surface area contributed by atoms with E-state index < -0.39 is 5.97 Å². The number of methoxy groups -OCH3 is 1. The maximum atomic E-state index is 13.1. The zero-order valence-corrected chi connectivity index (χ0v) is 16.5. The highest BCUT2D eigenvalue weighted by atomic mass is 32.2. The van der Waals surface area contributed by atoms with E-state index in [0.717, 1.165) is 22.0 Å². The van der Waals surface area contributed by atoms with Crippen molar-refractivity contribution in [2.24, 2.45) is 0 Å². The molecule has 0 atom stereocenters. The first-order valence-electron chi connectivity index (χ1n) is 8.52. The molecule has 0 aliphatic carbocycles. The first-order chi connectivity index (χ1) is 13.6. The zero-order valence-electron chi connectivity index (χ0n) is 14.9. The molecule has 4 nitrogen and oxygen atoms in total. The largest absolute Gasteiger partial charge is 0.465 e. The molecular formula is C22H15NO3S2. The van der Waals surface area contributed by atoms with E-state index in [1.807, 2.05) is 42.5 Å². The first kappa shape index (κ1) is 18.4. The highest BCUT2D eigenvalue weighted by molar-refractivity contribution is 8.27. The lowest BCUT2D eigenvalue weighted by atomic mass is 10.1. The number of hydrogen-bond acceptors (Lipinski definition) is 5. The van der Waals surface area contributed by atoms with Gasteiger partial charge in [-0.2, -0.15) is 0 Å². The Hall–Kier alpha value is -2.96. The summed E-state index contributed by atoms with van der Waals surface area (Å²) in [6, 6.07) is 20.6. The summed E-state index contributed by atoms with van der Waals surface area (Å²) in [5, 5.41) is 2.03. The summed E-state index contributed by atoms with van der Waals surface area (Å²) >= 11 is 6.76. The van der Waals surface area contributed by atoms with E-state index in [4.69, 9.17) is 17.0 Å². The SMILES string of the molecule is COC(=O)c1ccc(/C=C2\SC(=S)N(c3cccc4ccccc34)C2=O)cc1. The lowest BCUT2D eigenvalue weighted by Crippen LogP contribution is -2.27. The molecule has 0 bridgehead atoms. The van der Waals surface area contributed by atoms with E-state index in [1.165, 1.54) is 18.9 Å². The molecule has 0 unspecified atom stereocenters. The van der Waals surface area contributed by atoms with Crippen molar-refractivity contribution in [2.45, 2.75) is 0 Å². The summed E-state index contributed by atoms with van der Waals surface area (Å²) in [5.74, 6) is -0.544. The molecule has 0 spiro atoms. The molecule has 1 fully saturated rings. The second-order valence-electron chi connectivity index (χ2n) is 6.13. The predicted octanol–water partition coefficient (Wildman–Crippen LogP) is 5.03. The predicted molar refractivity (Wildman–Crippen MR) is 117 cm³/mol. The molecule has 1 heterocycles. The molecule has 6 heteroatoms. The van der Waals surface area contributed by atoms with E-state index in [2.05, 4.69) is 0 Å². The van der Waals surface area contributed by atoms with E-state index in [9.17, 15) is 9.59 Å². The van der Waals surface area contributed by atoms with E-state index >= 15 is 0 Å². The van der Waals surface area contributed by atoms with Crippen molar-refractivity contribution >= 4 is 62.7 Å². The Morgan fingerprint density at radius 1 is 1.04 bits per heavy atom. The van der Waals surface area contributed by atoms with Gasteiger partial charge in [-0.1, -0.05) is 72.5 Å². The lowest BCUT2D eigenvalue weighted by Gasteiger charge is -2.17. The number of rotatable bonds is 3. The molecule has 28 heavy (non-hydrogen) atoms. The fourth-order valence-corrected chi connectivity index (χ4v) is 4.35. The molecule has 1 aliphatic heterocycles. The lowest BCUT2D eigenvalue weighted by molar-refractivity contribution is -0.113. The standard InChI is InChI=1S/C22H15NO3S2/c1-26-21(25)16-11-9-14(10-12-16)13-19-20(24)23(22(27)28-19)18-8-4-6-15-5-2-3-7-17(15)18/h2-13H,1H3/b19-13-. The molecule has 1 aliphatic rings. The van der Waals surface area contributed by atoms with E-state index in [1.54, 1.807) is 35.2 Å². The number of anilines is 1.